The summed E-state index contributed by atoms with van der Waals surface area (Å²) >= 11 is 0. The number of hydrogen-bond acceptors (Lipinski definition) is 8. The molecule has 50 heavy (non-hydrogen) atoms. The van der Waals surface area contributed by atoms with Gasteiger partial charge in [-0.15, -0.1) is 0 Å². The van der Waals surface area contributed by atoms with Crippen molar-refractivity contribution < 1.29 is 29.6 Å². The minimum absolute atomic E-state index is 0.486. The molecule has 0 atom stereocenters. The molecule has 8 nitrogen and oxygen atoms in total. The van der Waals surface area contributed by atoms with Crippen molar-refractivity contribution >= 4 is 46.7 Å². The quantitative estimate of drug-likeness (QED) is 0.135. The third kappa shape index (κ3) is 7.27. The standard InChI is InChI=1S/C40H42B2N2O6/c1-43(23-29-15-7-11-19-35(29)41(45)46)25-31-21-27-13-5-9-17-33(27)37(39(31)49-3)38-34-18-10-6-14-28(34)22-32(40(38)50-4)26-44(2)24-30-16-8-12-20-36(30)42(47)48/h5-22,45-48H,23-26H2,1-4H3. The molecule has 0 saturated heterocycles. The van der Waals surface area contributed by atoms with Crippen LogP contribution in [0.5, 0.6) is 11.5 Å². The highest BCUT2D eigenvalue weighted by atomic mass is 16.5. The summed E-state index contributed by atoms with van der Waals surface area (Å²) in [4.78, 5) is 4.28. The summed E-state index contributed by atoms with van der Waals surface area (Å²) in [5, 5.41) is 44.1. The van der Waals surface area contributed by atoms with Gasteiger partial charge in [-0.1, -0.05) is 97.1 Å². The van der Waals surface area contributed by atoms with Gasteiger partial charge in [-0.25, -0.2) is 0 Å². The van der Waals surface area contributed by atoms with E-state index in [0.29, 0.717) is 37.1 Å². The molecule has 0 heterocycles. The molecule has 10 heteroatoms. The van der Waals surface area contributed by atoms with Crippen LogP contribution < -0.4 is 20.4 Å². The average molecular weight is 668 g/mol. The van der Waals surface area contributed by atoms with E-state index in [1.165, 1.54) is 0 Å². The minimum Gasteiger partial charge on any atom is -0.496 e. The topological polar surface area (TPSA) is 106 Å². The number of hydrogen-bond donors (Lipinski definition) is 4. The molecule has 0 aromatic heterocycles. The summed E-state index contributed by atoms with van der Waals surface area (Å²) in [7, 11) is 4.32. The highest BCUT2D eigenvalue weighted by Gasteiger charge is 2.25. The summed E-state index contributed by atoms with van der Waals surface area (Å²) in [5.41, 5.74) is 6.49. The Kier molecular flexibility index (Phi) is 10.9. The maximum absolute atomic E-state index is 9.97. The first-order valence-electron chi connectivity index (χ1n) is 16.6. The molecule has 0 aliphatic rings. The summed E-state index contributed by atoms with van der Waals surface area (Å²) in [6.45, 7) is 2.08. The molecule has 6 aromatic rings. The van der Waals surface area contributed by atoms with Gasteiger partial charge in [0.1, 0.15) is 11.5 Å². The van der Waals surface area contributed by atoms with Crippen molar-refractivity contribution in [3.8, 4) is 22.6 Å². The van der Waals surface area contributed by atoms with Gasteiger partial charge in [0.05, 0.1) is 14.2 Å². The molecule has 0 aliphatic heterocycles. The lowest BCUT2D eigenvalue weighted by Crippen LogP contribution is -2.35. The first-order chi connectivity index (χ1) is 24.2. The van der Waals surface area contributed by atoms with E-state index >= 15 is 0 Å². The Morgan fingerprint density at radius 3 is 1.20 bits per heavy atom. The van der Waals surface area contributed by atoms with Gasteiger partial charge < -0.3 is 29.6 Å². The van der Waals surface area contributed by atoms with Gasteiger partial charge in [0.15, 0.2) is 0 Å². The summed E-state index contributed by atoms with van der Waals surface area (Å²) in [5.74, 6) is 1.48. The Labute approximate surface area is 294 Å². The lowest BCUT2D eigenvalue weighted by molar-refractivity contribution is 0.310. The molecule has 6 aromatic carbocycles. The molecule has 0 amide bonds. The van der Waals surface area contributed by atoms with Crippen LogP contribution in [0.25, 0.3) is 32.7 Å². The monoisotopic (exact) mass is 668 g/mol. The number of nitrogens with zero attached hydrogens (tertiary/aromatic N) is 2. The van der Waals surface area contributed by atoms with E-state index in [9.17, 15) is 20.1 Å². The third-order valence-corrected chi connectivity index (χ3v) is 9.24. The Bertz CT molecular complexity index is 1970. The first-order valence-corrected chi connectivity index (χ1v) is 16.6. The third-order valence-electron chi connectivity index (χ3n) is 9.24. The van der Waals surface area contributed by atoms with Crippen LogP contribution in [-0.4, -0.2) is 72.4 Å². The van der Waals surface area contributed by atoms with E-state index in [1.54, 1.807) is 38.5 Å². The fraction of sp³-hybridized carbons (Fsp3) is 0.200. The molecule has 0 radical (unpaired) electrons. The van der Waals surface area contributed by atoms with Gasteiger partial charge in [-0.3, -0.25) is 9.80 Å². The number of ether oxygens (including phenoxy) is 2. The second-order valence-electron chi connectivity index (χ2n) is 12.8. The van der Waals surface area contributed by atoms with E-state index in [0.717, 1.165) is 66.4 Å². The van der Waals surface area contributed by atoms with E-state index in [-0.39, 0.29) is 0 Å². The van der Waals surface area contributed by atoms with E-state index < -0.39 is 14.2 Å². The Morgan fingerprint density at radius 2 is 0.820 bits per heavy atom. The molecule has 0 spiro atoms. The molecular weight excluding hydrogens is 626 g/mol. The average Bonchev–Trinajstić information content (AvgIpc) is 3.10. The second-order valence-corrected chi connectivity index (χ2v) is 12.8. The zero-order valence-electron chi connectivity index (χ0n) is 28.9. The van der Waals surface area contributed by atoms with Gasteiger partial charge in [0, 0.05) is 48.4 Å². The molecule has 254 valence electrons. The van der Waals surface area contributed by atoms with Crippen LogP contribution in [0.2, 0.25) is 0 Å². The maximum Gasteiger partial charge on any atom is 0.488 e. The van der Waals surface area contributed by atoms with Crippen LogP contribution in [0.3, 0.4) is 0 Å². The van der Waals surface area contributed by atoms with Gasteiger partial charge in [0.25, 0.3) is 0 Å². The van der Waals surface area contributed by atoms with E-state index in [1.807, 2.05) is 62.6 Å². The zero-order valence-corrected chi connectivity index (χ0v) is 28.9. The second kappa shape index (κ2) is 15.5. The van der Waals surface area contributed by atoms with Gasteiger partial charge in [-0.05, 0) is 69.8 Å². The van der Waals surface area contributed by atoms with E-state index in [4.69, 9.17) is 9.47 Å². The highest BCUT2D eigenvalue weighted by Crippen LogP contribution is 2.48. The first kappa shape index (κ1) is 35.2. The summed E-state index contributed by atoms with van der Waals surface area (Å²) in [6.07, 6.45) is 0. The van der Waals surface area contributed by atoms with Crippen molar-refractivity contribution in [1.29, 1.82) is 0 Å². The summed E-state index contributed by atoms with van der Waals surface area (Å²) in [6, 6.07) is 35.6. The van der Waals surface area contributed by atoms with Crippen LogP contribution in [0.15, 0.2) is 109 Å². The van der Waals surface area contributed by atoms with E-state index in [2.05, 4.69) is 46.2 Å². The molecular formula is C40H42B2N2O6. The molecule has 0 saturated carbocycles. The molecule has 0 fully saturated rings. The summed E-state index contributed by atoms with van der Waals surface area (Å²) < 4.78 is 12.6. The van der Waals surface area contributed by atoms with Gasteiger partial charge in [0.2, 0.25) is 0 Å². The number of methoxy groups -OCH3 is 2. The fourth-order valence-corrected chi connectivity index (χ4v) is 7.11. The van der Waals surface area contributed by atoms with Crippen molar-refractivity contribution in [3.63, 3.8) is 0 Å². The Hall–Kier alpha value is -4.67. The SMILES string of the molecule is COc1c(CN(C)Cc2ccccc2B(O)O)cc2ccccc2c1-c1c(OC)c(CN(C)Cc2ccccc2B(O)O)cc2ccccc12. The lowest BCUT2D eigenvalue weighted by atomic mass is 9.77. The van der Waals surface area contributed by atoms with Crippen molar-refractivity contribution in [2.75, 3.05) is 28.3 Å². The molecule has 0 aliphatic carbocycles. The van der Waals surface area contributed by atoms with Crippen LogP contribution in [0.4, 0.5) is 0 Å². The largest absolute Gasteiger partial charge is 0.496 e. The lowest BCUT2D eigenvalue weighted by Gasteiger charge is -2.26. The molecule has 6 rings (SSSR count). The smallest absolute Gasteiger partial charge is 0.488 e. The predicted octanol–water partition coefficient (Wildman–Crippen LogP) is 4.30. The van der Waals surface area contributed by atoms with Crippen molar-refractivity contribution in [3.05, 3.63) is 131 Å². The van der Waals surface area contributed by atoms with Crippen LogP contribution in [0.1, 0.15) is 22.3 Å². The Morgan fingerprint density at radius 1 is 0.480 bits per heavy atom. The van der Waals surface area contributed by atoms with Crippen molar-refractivity contribution in [1.82, 2.24) is 9.80 Å². The Balaban J connectivity index is 1.48. The normalized spacial score (nSPS) is 11.5. The predicted molar refractivity (Wildman–Crippen MR) is 203 cm³/mol. The van der Waals surface area contributed by atoms with Gasteiger partial charge >= 0.3 is 14.2 Å². The minimum atomic E-state index is -1.55. The molecule has 0 bridgehead atoms. The van der Waals surface area contributed by atoms with Crippen LogP contribution >= 0.6 is 0 Å². The highest BCUT2D eigenvalue weighted by molar-refractivity contribution is 6.59. The molecule has 0 unspecified atom stereocenters. The van der Waals surface area contributed by atoms with Crippen LogP contribution in [0, 0.1) is 0 Å². The number of fused-ring (bicyclic) bond motifs is 2. The fourth-order valence-electron chi connectivity index (χ4n) is 7.11. The van der Waals surface area contributed by atoms with Crippen LogP contribution in [-0.2, 0) is 26.2 Å². The number of benzene rings is 6. The van der Waals surface area contributed by atoms with Crippen molar-refractivity contribution in [2.45, 2.75) is 26.2 Å². The van der Waals surface area contributed by atoms with Gasteiger partial charge in [-0.2, -0.15) is 0 Å². The number of rotatable bonds is 13. The van der Waals surface area contributed by atoms with Crippen molar-refractivity contribution in [2.24, 2.45) is 0 Å². The zero-order chi connectivity index (χ0) is 35.4. The maximum atomic E-state index is 9.97. The molecule has 4 N–H and O–H groups in total.